The Hall–Kier alpha value is -1.18. The average molecular weight is 318 g/mol. The van der Waals surface area contributed by atoms with E-state index >= 15 is 0 Å². The maximum Gasteiger partial charge on any atom is 0.166 e. The Kier molecular flexibility index (Phi) is 4.89. The molecule has 1 aromatic rings. The Morgan fingerprint density at radius 2 is 1.57 bits per heavy atom. The van der Waals surface area contributed by atoms with Gasteiger partial charge in [-0.15, -0.1) is 0 Å². The smallest absolute Gasteiger partial charge is 0.166 e. The number of rotatable bonds is 2. The van der Waals surface area contributed by atoms with Crippen LogP contribution in [0.4, 0.5) is 8.78 Å². The monoisotopic (exact) mass is 318 g/mol. The molecule has 0 saturated heterocycles. The fraction of sp³-hybridized carbons (Fsp3) is 0.619. The molecule has 0 amide bonds. The van der Waals surface area contributed by atoms with Gasteiger partial charge in [-0.05, 0) is 80.4 Å². The van der Waals surface area contributed by atoms with Gasteiger partial charge < -0.3 is 0 Å². The lowest BCUT2D eigenvalue weighted by Crippen LogP contribution is -2.22. The van der Waals surface area contributed by atoms with Crippen LogP contribution in [-0.2, 0) is 0 Å². The highest BCUT2D eigenvalue weighted by atomic mass is 19.2. The molecule has 2 aliphatic carbocycles. The summed E-state index contributed by atoms with van der Waals surface area (Å²) < 4.78 is 28.3. The van der Waals surface area contributed by atoms with Gasteiger partial charge in [0.25, 0.3) is 0 Å². The van der Waals surface area contributed by atoms with Crippen LogP contribution in [0.1, 0.15) is 68.6 Å². The van der Waals surface area contributed by atoms with E-state index in [1.807, 2.05) is 6.92 Å². The van der Waals surface area contributed by atoms with Crippen LogP contribution in [0.3, 0.4) is 0 Å². The second kappa shape index (κ2) is 6.75. The van der Waals surface area contributed by atoms with E-state index in [0.29, 0.717) is 11.1 Å². The molecule has 0 aliphatic heterocycles. The number of benzene rings is 1. The molecule has 0 nitrogen and oxygen atoms in total. The first kappa shape index (κ1) is 16.7. The Morgan fingerprint density at radius 3 is 2.17 bits per heavy atom. The first-order valence-electron chi connectivity index (χ1n) is 9.12. The van der Waals surface area contributed by atoms with E-state index in [1.165, 1.54) is 25.7 Å². The molecule has 0 aromatic heterocycles. The van der Waals surface area contributed by atoms with Crippen molar-refractivity contribution in [1.82, 2.24) is 0 Å². The van der Waals surface area contributed by atoms with Crippen LogP contribution < -0.4 is 0 Å². The van der Waals surface area contributed by atoms with Gasteiger partial charge in [-0.25, -0.2) is 8.78 Å². The number of aryl methyl sites for hydroxylation is 2. The molecular weight excluding hydrogens is 290 g/mol. The van der Waals surface area contributed by atoms with Crippen LogP contribution in [0.5, 0.6) is 0 Å². The van der Waals surface area contributed by atoms with Crippen molar-refractivity contribution in [2.45, 2.75) is 65.7 Å². The Morgan fingerprint density at radius 1 is 0.870 bits per heavy atom. The molecule has 2 aliphatic rings. The van der Waals surface area contributed by atoms with Crippen molar-refractivity contribution >= 4 is 5.57 Å². The summed E-state index contributed by atoms with van der Waals surface area (Å²) in [6, 6.07) is 1.77. The molecule has 0 bridgehead atoms. The summed E-state index contributed by atoms with van der Waals surface area (Å²) in [6.45, 7) is 5.87. The van der Waals surface area contributed by atoms with E-state index in [0.717, 1.165) is 48.2 Å². The average Bonchev–Trinajstić information content (AvgIpc) is 2.54. The first-order valence-corrected chi connectivity index (χ1v) is 9.12. The van der Waals surface area contributed by atoms with Gasteiger partial charge in [0, 0.05) is 5.56 Å². The minimum absolute atomic E-state index is 0.398. The normalized spacial score (nSPS) is 28.6. The van der Waals surface area contributed by atoms with Crippen molar-refractivity contribution in [3.05, 3.63) is 40.5 Å². The van der Waals surface area contributed by atoms with E-state index < -0.39 is 11.6 Å². The van der Waals surface area contributed by atoms with Gasteiger partial charge in [0.15, 0.2) is 11.6 Å². The minimum Gasteiger partial charge on any atom is -0.203 e. The maximum atomic E-state index is 14.4. The zero-order chi connectivity index (χ0) is 16.6. The van der Waals surface area contributed by atoms with Crippen LogP contribution in [0, 0.1) is 43.2 Å². The number of hydrogen-bond donors (Lipinski definition) is 0. The number of allylic oxidation sites excluding steroid dienone is 2. The fourth-order valence-electron chi connectivity index (χ4n) is 4.58. The summed E-state index contributed by atoms with van der Waals surface area (Å²) in [6.07, 6.45) is 10.6. The third kappa shape index (κ3) is 3.36. The van der Waals surface area contributed by atoms with Crippen LogP contribution >= 0.6 is 0 Å². The topological polar surface area (TPSA) is 0 Å². The van der Waals surface area contributed by atoms with Gasteiger partial charge in [0.05, 0.1) is 0 Å². The highest BCUT2D eigenvalue weighted by molar-refractivity contribution is 5.69. The van der Waals surface area contributed by atoms with Gasteiger partial charge in [0.2, 0.25) is 0 Å². The van der Waals surface area contributed by atoms with Crippen LogP contribution in [0.15, 0.2) is 12.1 Å². The Balaban J connectivity index is 1.76. The molecule has 126 valence electrons. The van der Waals surface area contributed by atoms with Gasteiger partial charge in [-0.1, -0.05) is 31.9 Å². The van der Waals surface area contributed by atoms with Crippen LogP contribution in [0.25, 0.3) is 5.57 Å². The quantitative estimate of drug-likeness (QED) is 0.577. The summed E-state index contributed by atoms with van der Waals surface area (Å²) in [4.78, 5) is 0. The van der Waals surface area contributed by atoms with E-state index in [-0.39, 0.29) is 0 Å². The molecule has 0 N–H and O–H groups in total. The molecular formula is C21H28F2. The standard InChI is InChI=1S/C21H28F2/c1-13-4-6-16(7-5-13)17-8-10-18(11-9-17)19-14(2)12-15(3)20(22)21(19)23/h10,12-13,16-17H,4-9,11H2,1-3H3. The molecule has 0 radical (unpaired) electrons. The predicted molar refractivity (Wildman–Crippen MR) is 92.3 cm³/mol. The summed E-state index contributed by atoms with van der Waals surface area (Å²) in [5.74, 6) is 1.12. The molecule has 1 unspecified atom stereocenters. The van der Waals surface area contributed by atoms with Crippen LogP contribution in [-0.4, -0.2) is 0 Å². The zero-order valence-corrected chi connectivity index (χ0v) is 14.6. The van der Waals surface area contributed by atoms with E-state index in [4.69, 9.17) is 0 Å². The van der Waals surface area contributed by atoms with Gasteiger partial charge in [0.1, 0.15) is 0 Å². The van der Waals surface area contributed by atoms with E-state index in [2.05, 4.69) is 13.0 Å². The molecule has 0 spiro atoms. The first-order chi connectivity index (χ1) is 11.0. The summed E-state index contributed by atoms with van der Waals surface area (Å²) in [5, 5.41) is 0. The maximum absolute atomic E-state index is 14.4. The summed E-state index contributed by atoms with van der Waals surface area (Å²) in [7, 11) is 0. The van der Waals surface area contributed by atoms with Crippen molar-refractivity contribution < 1.29 is 8.78 Å². The second-order valence-corrected chi connectivity index (χ2v) is 7.80. The zero-order valence-electron chi connectivity index (χ0n) is 14.6. The molecule has 0 heterocycles. The van der Waals surface area contributed by atoms with Crippen molar-refractivity contribution in [3.63, 3.8) is 0 Å². The summed E-state index contributed by atoms with van der Waals surface area (Å²) in [5.41, 5.74) is 2.79. The number of halogens is 2. The van der Waals surface area contributed by atoms with Gasteiger partial charge in [-0.3, -0.25) is 0 Å². The lowest BCUT2D eigenvalue weighted by molar-refractivity contribution is 0.202. The third-order valence-corrected chi connectivity index (χ3v) is 6.09. The minimum atomic E-state index is -0.685. The van der Waals surface area contributed by atoms with Crippen molar-refractivity contribution in [1.29, 1.82) is 0 Å². The molecule has 1 saturated carbocycles. The Labute approximate surface area is 139 Å². The molecule has 1 atom stereocenters. The largest absolute Gasteiger partial charge is 0.203 e. The second-order valence-electron chi connectivity index (χ2n) is 7.80. The van der Waals surface area contributed by atoms with Crippen molar-refractivity contribution in [3.8, 4) is 0 Å². The summed E-state index contributed by atoms with van der Waals surface area (Å²) >= 11 is 0. The van der Waals surface area contributed by atoms with E-state index in [9.17, 15) is 8.78 Å². The lowest BCUT2D eigenvalue weighted by atomic mass is 9.71. The third-order valence-electron chi connectivity index (χ3n) is 6.09. The van der Waals surface area contributed by atoms with Gasteiger partial charge >= 0.3 is 0 Å². The number of hydrogen-bond acceptors (Lipinski definition) is 0. The van der Waals surface area contributed by atoms with Crippen LogP contribution in [0.2, 0.25) is 0 Å². The lowest BCUT2D eigenvalue weighted by Gasteiger charge is -2.34. The molecule has 2 heteroatoms. The highest BCUT2D eigenvalue weighted by Gasteiger charge is 2.28. The van der Waals surface area contributed by atoms with Crippen molar-refractivity contribution in [2.75, 3.05) is 0 Å². The van der Waals surface area contributed by atoms with Gasteiger partial charge in [-0.2, -0.15) is 0 Å². The SMILES string of the molecule is Cc1cc(C)c(C2=CCC(C3CCC(C)CC3)CC2)c(F)c1F. The molecule has 1 fully saturated rings. The predicted octanol–water partition coefficient (Wildman–Crippen LogP) is 6.59. The van der Waals surface area contributed by atoms with Crippen molar-refractivity contribution in [2.24, 2.45) is 17.8 Å². The molecule has 23 heavy (non-hydrogen) atoms. The molecule has 1 aromatic carbocycles. The van der Waals surface area contributed by atoms with E-state index in [1.54, 1.807) is 13.0 Å². The highest BCUT2D eigenvalue weighted by Crippen LogP contribution is 2.42. The molecule has 3 rings (SSSR count). The fourth-order valence-corrected chi connectivity index (χ4v) is 4.58. The Bertz CT molecular complexity index is 607.